The average molecular weight is 287 g/mol. The van der Waals surface area contributed by atoms with Crippen LogP contribution in [0.5, 0.6) is 0 Å². The lowest BCUT2D eigenvalue weighted by Gasteiger charge is -2.13. The van der Waals surface area contributed by atoms with E-state index in [1.165, 1.54) is 12.5 Å². The summed E-state index contributed by atoms with van der Waals surface area (Å²) in [5.41, 5.74) is 0. The third kappa shape index (κ3) is 3.54. The number of carbonyl (C=O) groups is 1. The molecule has 8 heteroatoms. The highest BCUT2D eigenvalue weighted by molar-refractivity contribution is 7.89. The third-order valence-corrected chi connectivity index (χ3v) is 4.47. The second kappa shape index (κ2) is 5.30. The highest BCUT2D eigenvalue weighted by atomic mass is 32.2. The van der Waals surface area contributed by atoms with Gasteiger partial charge in [0.2, 0.25) is 0 Å². The summed E-state index contributed by atoms with van der Waals surface area (Å²) >= 11 is 0. The smallest absolute Gasteiger partial charge is 0.321 e. The molecule has 0 aromatic carbocycles. The molecule has 0 bridgehead atoms. The lowest BCUT2D eigenvalue weighted by Crippen LogP contribution is -2.41. The van der Waals surface area contributed by atoms with Crippen LogP contribution < -0.4 is 4.72 Å². The highest BCUT2D eigenvalue weighted by Crippen LogP contribution is 2.33. The van der Waals surface area contributed by atoms with E-state index in [1.54, 1.807) is 4.57 Å². The zero-order chi connectivity index (χ0) is 14.0. The minimum Gasteiger partial charge on any atom is -0.480 e. The summed E-state index contributed by atoms with van der Waals surface area (Å²) in [5, 5.41) is 8.92. The number of imidazole rings is 1. The first-order chi connectivity index (χ1) is 8.92. The van der Waals surface area contributed by atoms with Crippen molar-refractivity contribution >= 4 is 16.0 Å². The number of carboxylic acids is 1. The first-order valence-electron chi connectivity index (χ1n) is 6.19. The molecule has 0 radical (unpaired) electrons. The maximum Gasteiger partial charge on any atom is 0.321 e. The van der Waals surface area contributed by atoms with Gasteiger partial charge in [-0.15, -0.1) is 0 Å². The van der Waals surface area contributed by atoms with E-state index in [0.29, 0.717) is 18.9 Å². The Morgan fingerprint density at radius 2 is 2.32 bits per heavy atom. The number of nitrogens with zero attached hydrogens (tertiary/aromatic N) is 2. The molecule has 19 heavy (non-hydrogen) atoms. The van der Waals surface area contributed by atoms with Crippen LogP contribution in [0.15, 0.2) is 17.6 Å². The van der Waals surface area contributed by atoms with Crippen LogP contribution in [0.4, 0.5) is 0 Å². The van der Waals surface area contributed by atoms with Gasteiger partial charge < -0.3 is 9.67 Å². The predicted octanol–water partition coefficient (Wildman–Crippen LogP) is 0.435. The van der Waals surface area contributed by atoms with Gasteiger partial charge in [-0.2, -0.15) is 4.72 Å². The molecule has 0 saturated heterocycles. The minimum absolute atomic E-state index is 0.142. The van der Waals surface area contributed by atoms with Crippen LogP contribution in [0.25, 0.3) is 0 Å². The van der Waals surface area contributed by atoms with Gasteiger partial charge in [-0.3, -0.25) is 4.79 Å². The first kappa shape index (κ1) is 14.0. The summed E-state index contributed by atoms with van der Waals surface area (Å²) in [6, 6.07) is -1.08. The van der Waals surface area contributed by atoms with Crippen molar-refractivity contribution in [2.45, 2.75) is 43.8 Å². The number of sulfonamides is 1. The van der Waals surface area contributed by atoms with Crippen molar-refractivity contribution in [3.8, 4) is 0 Å². The zero-order valence-corrected chi connectivity index (χ0v) is 11.4. The van der Waals surface area contributed by atoms with Crippen molar-refractivity contribution in [2.24, 2.45) is 5.92 Å². The Labute approximate surface area is 111 Å². The summed E-state index contributed by atoms with van der Waals surface area (Å²) in [4.78, 5) is 14.9. The quantitative estimate of drug-likeness (QED) is 0.757. The van der Waals surface area contributed by atoms with Crippen molar-refractivity contribution in [1.82, 2.24) is 14.3 Å². The van der Waals surface area contributed by atoms with Crippen LogP contribution in [-0.2, 0) is 21.4 Å². The minimum atomic E-state index is -3.87. The van der Waals surface area contributed by atoms with Crippen molar-refractivity contribution < 1.29 is 18.3 Å². The summed E-state index contributed by atoms with van der Waals surface area (Å²) in [7, 11) is -3.87. The van der Waals surface area contributed by atoms with E-state index in [2.05, 4.69) is 9.71 Å². The van der Waals surface area contributed by atoms with E-state index in [9.17, 15) is 13.2 Å². The second-order valence-electron chi connectivity index (χ2n) is 4.73. The molecular formula is C11H17N3O4S. The Bertz CT molecular complexity index is 562. The molecule has 2 N–H and O–H groups in total. The monoisotopic (exact) mass is 287 g/mol. The number of aromatic nitrogens is 2. The van der Waals surface area contributed by atoms with Crippen LogP contribution in [0.3, 0.4) is 0 Å². The van der Waals surface area contributed by atoms with Crippen molar-refractivity contribution in [3.05, 3.63) is 12.5 Å². The van der Waals surface area contributed by atoms with E-state index in [0.717, 1.165) is 12.8 Å². The molecule has 106 valence electrons. The molecule has 1 unspecified atom stereocenters. The number of hydrogen-bond acceptors (Lipinski definition) is 4. The fourth-order valence-electron chi connectivity index (χ4n) is 1.79. The van der Waals surface area contributed by atoms with Crippen molar-refractivity contribution in [1.29, 1.82) is 0 Å². The van der Waals surface area contributed by atoms with Gasteiger partial charge >= 0.3 is 5.97 Å². The average Bonchev–Trinajstić information content (AvgIpc) is 3.01. The summed E-state index contributed by atoms with van der Waals surface area (Å²) < 4.78 is 27.9. The Morgan fingerprint density at radius 3 is 2.79 bits per heavy atom. The van der Waals surface area contributed by atoms with Crippen molar-refractivity contribution in [3.63, 3.8) is 0 Å². The molecule has 0 spiro atoms. The van der Waals surface area contributed by atoms with E-state index < -0.39 is 22.0 Å². The van der Waals surface area contributed by atoms with E-state index in [4.69, 9.17) is 5.11 Å². The van der Waals surface area contributed by atoms with E-state index in [1.807, 2.05) is 6.92 Å². The van der Waals surface area contributed by atoms with E-state index in [-0.39, 0.29) is 5.03 Å². The predicted molar refractivity (Wildman–Crippen MR) is 67.0 cm³/mol. The second-order valence-corrected chi connectivity index (χ2v) is 6.39. The van der Waals surface area contributed by atoms with Crippen LogP contribution >= 0.6 is 0 Å². The molecule has 1 aromatic rings. The van der Waals surface area contributed by atoms with Gasteiger partial charge in [0.05, 0.1) is 6.33 Å². The van der Waals surface area contributed by atoms with Gasteiger partial charge in [0, 0.05) is 12.7 Å². The molecule has 1 atom stereocenters. The highest BCUT2D eigenvalue weighted by Gasteiger charge is 2.33. The molecule has 1 fully saturated rings. The molecule has 1 heterocycles. The molecule has 2 rings (SSSR count). The van der Waals surface area contributed by atoms with Gasteiger partial charge in [0.15, 0.2) is 5.03 Å². The van der Waals surface area contributed by atoms with Crippen LogP contribution in [0.1, 0.15) is 26.2 Å². The zero-order valence-electron chi connectivity index (χ0n) is 10.6. The number of rotatable bonds is 7. The lowest BCUT2D eigenvalue weighted by molar-refractivity contribution is -0.139. The largest absolute Gasteiger partial charge is 0.480 e. The Balaban J connectivity index is 2.11. The summed E-state index contributed by atoms with van der Waals surface area (Å²) in [6.07, 6.45) is 5.07. The van der Waals surface area contributed by atoms with Gasteiger partial charge in [-0.1, -0.05) is 12.8 Å². The maximum atomic E-state index is 12.0. The molecule has 1 aliphatic rings. The number of aryl methyl sites for hydroxylation is 1. The van der Waals surface area contributed by atoms with Crippen LogP contribution in [0, 0.1) is 5.92 Å². The summed E-state index contributed by atoms with van der Waals surface area (Å²) in [6.45, 7) is 2.46. The number of nitrogens with one attached hydrogen (secondary N) is 1. The van der Waals surface area contributed by atoms with Gasteiger partial charge in [-0.25, -0.2) is 13.4 Å². The van der Waals surface area contributed by atoms with E-state index >= 15 is 0 Å². The fourth-order valence-corrected chi connectivity index (χ4v) is 2.94. The van der Waals surface area contributed by atoms with Gasteiger partial charge in [0.1, 0.15) is 6.04 Å². The molecule has 0 aliphatic heterocycles. The standard InChI is InChI=1S/C11H17N3O4S/c1-2-14-6-10(12-7-14)19(17,18)13-9(11(15)16)5-8-3-4-8/h6-9,13H,2-5H2,1H3,(H,15,16). The van der Waals surface area contributed by atoms with Crippen molar-refractivity contribution in [2.75, 3.05) is 0 Å². The fraction of sp³-hybridized carbons (Fsp3) is 0.636. The Morgan fingerprint density at radius 1 is 1.63 bits per heavy atom. The Kier molecular flexibility index (Phi) is 3.91. The lowest BCUT2D eigenvalue weighted by atomic mass is 10.1. The number of carboxylic acid groups (broad SMARTS) is 1. The molecular weight excluding hydrogens is 270 g/mol. The SMILES string of the molecule is CCn1cnc(S(=O)(=O)NC(CC2CC2)C(=O)O)c1. The van der Waals surface area contributed by atoms with Gasteiger partial charge in [-0.05, 0) is 19.3 Å². The first-order valence-corrected chi connectivity index (χ1v) is 7.67. The van der Waals surface area contributed by atoms with Gasteiger partial charge in [0.25, 0.3) is 10.0 Å². The third-order valence-electron chi connectivity index (χ3n) is 3.11. The molecule has 1 saturated carbocycles. The summed E-state index contributed by atoms with van der Waals surface area (Å²) in [5.74, 6) is -0.831. The molecule has 1 aliphatic carbocycles. The maximum absolute atomic E-state index is 12.0. The topological polar surface area (TPSA) is 101 Å². The number of aliphatic carboxylic acids is 1. The molecule has 0 amide bonds. The van der Waals surface area contributed by atoms with Crippen LogP contribution in [-0.4, -0.2) is 35.1 Å². The number of hydrogen-bond donors (Lipinski definition) is 2. The van der Waals surface area contributed by atoms with Crippen LogP contribution in [0.2, 0.25) is 0 Å². The Hall–Kier alpha value is -1.41. The normalized spacial score (nSPS) is 17.3. The molecule has 7 nitrogen and oxygen atoms in total. The molecule has 1 aromatic heterocycles.